The van der Waals surface area contributed by atoms with Crippen molar-refractivity contribution in [1.29, 1.82) is 0 Å². The molecule has 5 aliphatic rings. The molecule has 46 heavy (non-hydrogen) atoms. The van der Waals surface area contributed by atoms with Gasteiger partial charge in [-0.25, -0.2) is 9.18 Å². The van der Waals surface area contributed by atoms with E-state index in [1.54, 1.807) is 11.0 Å². The molecule has 6 rings (SSSR count). The van der Waals surface area contributed by atoms with Gasteiger partial charge in [0.1, 0.15) is 5.75 Å². The summed E-state index contributed by atoms with van der Waals surface area (Å²) in [7, 11) is 0.492. The summed E-state index contributed by atoms with van der Waals surface area (Å²) in [4.78, 5) is 29.7. The van der Waals surface area contributed by atoms with Crippen LogP contribution < -0.4 is 4.74 Å². The van der Waals surface area contributed by atoms with Crippen LogP contribution >= 0.6 is 0 Å². The summed E-state index contributed by atoms with van der Waals surface area (Å²) in [5.41, 5.74) is 1.58. The number of carbonyl (C=O) groups is 2. The SMILES string of the molecule is CN1CC2(C1)CN(C(=O)Oc1ccc3c(c1)C[C@@H](CCCS(=O)CCCC(F)(F)C(F)(F)F)[C@@H]1[C@@H]3CC[C@]3(C)C(=O)C(F)C[C@@H]13)C2. The Balaban J connectivity index is 1.12. The predicted molar refractivity (Wildman–Crippen MR) is 160 cm³/mol. The molecule has 13 heteroatoms. The minimum atomic E-state index is -5.62. The van der Waals surface area contributed by atoms with Crippen molar-refractivity contribution in [2.24, 2.45) is 28.6 Å². The number of hydrogen-bond acceptors (Lipinski definition) is 5. The molecule has 2 saturated heterocycles. The normalized spacial score (nSPS) is 32.7. The number of alkyl halides is 6. The number of halogens is 6. The summed E-state index contributed by atoms with van der Waals surface area (Å²) in [6.45, 7) is 5.16. The first-order valence-corrected chi connectivity index (χ1v) is 17.8. The van der Waals surface area contributed by atoms with Crippen LogP contribution in [0.5, 0.6) is 5.75 Å². The number of amides is 1. The molecule has 256 valence electrons. The summed E-state index contributed by atoms with van der Waals surface area (Å²) < 4.78 is 97.2. The van der Waals surface area contributed by atoms with E-state index < -0.39 is 47.3 Å². The van der Waals surface area contributed by atoms with E-state index in [1.807, 2.05) is 19.1 Å². The van der Waals surface area contributed by atoms with Crippen molar-refractivity contribution in [3.63, 3.8) is 0 Å². The lowest BCUT2D eigenvalue weighted by Gasteiger charge is -2.58. The number of carbonyl (C=O) groups excluding carboxylic acids is 2. The van der Waals surface area contributed by atoms with Crippen molar-refractivity contribution in [3.05, 3.63) is 29.3 Å². The molecule has 1 amide bonds. The van der Waals surface area contributed by atoms with Crippen LogP contribution in [0.25, 0.3) is 0 Å². The Morgan fingerprint density at radius 2 is 1.78 bits per heavy atom. The van der Waals surface area contributed by atoms with Gasteiger partial charge in [-0.15, -0.1) is 0 Å². The number of likely N-dealkylation sites (tertiary alicyclic amines) is 2. The van der Waals surface area contributed by atoms with Gasteiger partial charge >= 0.3 is 18.2 Å². The van der Waals surface area contributed by atoms with Gasteiger partial charge < -0.3 is 14.5 Å². The molecule has 2 unspecified atom stereocenters. The third-order valence-electron chi connectivity index (χ3n) is 11.5. The first-order chi connectivity index (χ1) is 21.5. The van der Waals surface area contributed by atoms with Crippen molar-refractivity contribution < 1.29 is 44.9 Å². The lowest BCUT2D eigenvalue weighted by molar-refractivity contribution is -0.284. The Bertz CT molecular complexity index is 1380. The Morgan fingerprint density at radius 1 is 1.09 bits per heavy atom. The predicted octanol–water partition coefficient (Wildman–Crippen LogP) is 6.54. The molecule has 0 aromatic heterocycles. The monoisotopic (exact) mass is 676 g/mol. The molecule has 2 saturated carbocycles. The fourth-order valence-corrected chi connectivity index (χ4v) is 10.6. The highest BCUT2D eigenvalue weighted by Crippen LogP contribution is 2.62. The number of rotatable bonds is 9. The lowest BCUT2D eigenvalue weighted by Crippen LogP contribution is -2.72. The molecule has 0 radical (unpaired) electrons. The maximum atomic E-state index is 14.9. The van der Waals surface area contributed by atoms with Crippen LogP contribution in [0.15, 0.2) is 18.2 Å². The highest BCUT2D eigenvalue weighted by atomic mass is 32.2. The average Bonchev–Trinajstić information content (AvgIpc) is 3.17. The Hall–Kier alpha value is -2.15. The highest BCUT2D eigenvalue weighted by molar-refractivity contribution is 7.84. The first-order valence-electron chi connectivity index (χ1n) is 16.3. The van der Waals surface area contributed by atoms with Gasteiger partial charge in [0, 0.05) is 65.7 Å². The Labute approximate surface area is 268 Å². The van der Waals surface area contributed by atoms with E-state index in [4.69, 9.17) is 4.74 Å². The average molecular weight is 677 g/mol. The van der Waals surface area contributed by atoms with Crippen LogP contribution in [0.3, 0.4) is 0 Å². The summed E-state index contributed by atoms with van der Waals surface area (Å²) in [5, 5.41) is 0. The number of ether oxygens (including phenoxy) is 1. The van der Waals surface area contributed by atoms with Crippen LogP contribution in [-0.2, 0) is 22.0 Å². The zero-order chi connectivity index (χ0) is 33.2. The van der Waals surface area contributed by atoms with Crippen LogP contribution in [0.2, 0.25) is 0 Å². The quantitative estimate of drug-likeness (QED) is 0.278. The van der Waals surface area contributed by atoms with E-state index in [0.29, 0.717) is 50.9 Å². The maximum absolute atomic E-state index is 14.9. The highest BCUT2D eigenvalue weighted by Gasteiger charge is 2.60. The molecule has 0 bridgehead atoms. The summed E-state index contributed by atoms with van der Waals surface area (Å²) >= 11 is 0. The number of fused-ring (bicyclic) bond motifs is 5. The fourth-order valence-electron chi connectivity index (χ4n) is 9.43. The Kier molecular flexibility index (Phi) is 8.85. The molecule has 0 N–H and O–H groups in total. The lowest BCUT2D eigenvalue weighted by atomic mass is 9.52. The molecule has 1 aromatic rings. The maximum Gasteiger partial charge on any atom is 0.453 e. The van der Waals surface area contributed by atoms with Gasteiger partial charge in [-0.05, 0) is 98.9 Å². The molecule has 2 aliphatic heterocycles. The van der Waals surface area contributed by atoms with Crippen LogP contribution in [-0.4, -0.2) is 88.9 Å². The van der Waals surface area contributed by atoms with Crippen LogP contribution in [0, 0.1) is 28.6 Å². The molecular formula is C33H42F6N2O4S. The largest absolute Gasteiger partial charge is 0.453 e. The van der Waals surface area contributed by atoms with Crippen molar-refractivity contribution >= 4 is 22.7 Å². The topological polar surface area (TPSA) is 66.9 Å². The second-order valence-corrected chi connectivity index (χ2v) is 16.5. The molecule has 2 heterocycles. The zero-order valence-corrected chi connectivity index (χ0v) is 27.0. The second kappa shape index (κ2) is 12.1. The minimum Gasteiger partial charge on any atom is -0.410 e. The number of nitrogens with zero attached hydrogens (tertiary/aromatic N) is 2. The molecule has 1 aromatic carbocycles. The smallest absolute Gasteiger partial charge is 0.410 e. The number of hydrogen-bond donors (Lipinski definition) is 0. The van der Waals surface area contributed by atoms with Crippen molar-refractivity contribution in [3.8, 4) is 5.75 Å². The van der Waals surface area contributed by atoms with E-state index in [9.17, 15) is 40.1 Å². The van der Waals surface area contributed by atoms with E-state index in [2.05, 4.69) is 11.9 Å². The standard InChI is InChI=1S/C33H42F6N2O4S/c1-30-10-8-24-23-7-6-22(45-29(43)41-18-31(19-41)16-40(2)17-31)14-21(23)13-20(27(24)25(30)15-26(34)28(30)42)5-3-11-46(44)12-4-9-32(35,36)33(37,38)39/h6-7,14,20,24-27H,3-5,8-13,15-19H2,1-2H3/t20-,24-,25+,26?,27-,30+,46?/m1/s1. The fraction of sp³-hybridized carbons (Fsp3) is 0.758. The van der Waals surface area contributed by atoms with E-state index in [0.717, 1.165) is 24.2 Å². The molecule has 6 nitrogen and oxygen atoms in total. The minimum absolute atomic E-state index is 0.0150. The number of Topliss-reactive ketones (excluding diaryl/α,β-unsaturated/α-hetero) is 1. The zero-order valence-electron chi connectivity index (χ0n) is 26.2. The van der Waals surface area contributed by atoms with Gasteiger partial charge in [0.05, 0.1) is 0 Å². The van der Waals surface area contributed by atoms with Gasteiger partial charge in [0.25, 0.3) is 0 Å². The molecular weight excluding hydrogens is 634 g/mol. The van der Waals surface area contributed by atoms with Crippen molar-refractivity contribution in [2.45, 2.75) is 82.5 Å². The summed E-state index contributed by atoms with van der Waals surface area (Å²) in [6.07, 6.45) is -6.28. The molecule has 7 atom stereocenters. The number of benzene rings is 1. The number of ketones is 1. The van der Waals surface area contributed by atoms with E-state index in [1.165, 1.54) is 0 Å². The Morgan fingerprint density at radius 3 is 2.46 bits per heavy atom. The summed E-state index contributed by atoms with van der Waals surface area (Å²) in [6, 6.07) is 5.69. The van der Waals surface area contributed by atoms with Crippen LogP contribution in [0.1, 0.15) is 68.9 Å². The van der Waals surface area contributed by atoms with Gasteiger partial charge in [0.2, 0.25) is 0 Å². The van der Waals surface area contributed by atoms with E-state index in [-0.39, 0.29) is 58.9 Å². The first kappa shape index (κ1) is 33.7. The second-order valence-electron chi connectivity index (χ2n) is 14.8. The van der Waals surface area contributed by atoms with Gasteiger partial charge in [-0.3, -0.25) is 9.00 Å². The third kappa shape index (κ3) is 6.12. The molecule has 1 spiro atoms. The van der Waals surface area contributed by atoms with Crippen molar-refractivity contribution in [2.75, 3.05) is 44.7 Å². The van der Waals surface area contributed by atoms with Crippen molar-refractivity contribution in [1.82, 2.24) is 9.80 Å². The van der Waals surface area contributed by atoms with Gasteiger partial charge in [-0.2, -0.15) is 22.0 Å². The summed E-state index contributed by atoms with van der Waals surface area (Å²) in [5.74, 6) is -4.81. The van der Waals surface area contributed by atoms with E-state index >= 15 is 0 Å². The third-order valence-corrected chi connectivity index (χ3v) is 13.0. The molecule has 4 fully saturated rings. The van der Waals surface area contributed by atoms with Gasteiger partial charge in [-0.1, -0.05) is 13.0 Å². The molecule has 3 aliphatic carbocycles. The van der Waals surface area contributed by atoms with Gasteiger partial charge in [0.15, 0.2) is 12.0 Å². The van der Waals surface area contributed by atoms with Crippen LogP contribution in [0.4, 0.5) is 31.1 Å².